The third-order valence-corrected chi connectivity index (χ3v) is 1.49. The molecule has 0 aromatic heterocycles. The zero-order chi connectivity index (χ0) is 8.69. The molecule has 0 bridgehead atoms. The molecule has 0 rings (SSSR count). The van der Waals surface area contributed by atoms with E-state index < -0.39 is 5.97 Å². The Morgan fingerprint density at radius 3 is 2.55 bits per heavy atom. The first kappa shape index (κ1) is 10.6. The number of Topliss-reactive ketones (excluding diaryl/α,β-unsaturated/α-hetero) is 1. The van der Waals surface area contributed by atoms with E-state index in [1.807, 2.05) is 6.92 Å². The molecule has 0 radical (unpaired) electrons. The van der Waals surface area contributed by atoms with E-state index in [-0.39, 0.29) is 17.7 Å². The highest BCUT2D eigenvalue weighted by Gasteiger charge is 2.04. The van der Waals surface area contributed by atoms with Gasteiger partial charge in [0, 0.05) is 6.42 Å². The van der Waals surface area contributed by atoms with Crippen LogP contribution in [0.15, 0.2) is 0 Å². The van der Waals surface area contributed by atoms with Gasteiger partial charge < -0.3 is 4.74 Å². The molecule has 0 aliphatic heterocycles. The maximum atomic E-state index is 10.8. The van der Waals surface area contributed by atoms with Crippen molar-refractivity contribution in [3.8, 4) is 0 Å². The lowest BCUT2D eigenvalue weighted by Crippen LogP contribution is -2.13. The van der Waals surface area contributed by atoms with Gasteiger partial charge in [-0.25, -0.2) is 0 Å². The van der Waals surface area contributed by atoms with Gasteiger partial charge in [-0.2, -0.15) is 0 Å². The van der Waals surface area contributed by atoms with Crippen LogP contribution >= 0.6 is 15.9 Å². The first-order valence-corrected chi connectivity index (χ1v) is 4.56. The van der Waals surface area contributed by atoms with Crippen LogP contribution in [0, 0.1) is 0 Å². The minimum Gasteiger partial charge on any atom is -0.457 e. The molecule has 0 saturated heterocycles. The fourth-order valence-electron chi connectivity index (χ4n) is 0.551. The average molecular weight is 223 g/mol. The number of rotatable bonds is 5. The molecule has 0 aromatic carbocycles. The van der Waals surface area contributed by atoms with Crippen LogP contribution in [0.3, 0.4) is 0 Å². The van der Waals surface area contributed by atoms with Crippen LogP contribution in [-0.4, -0.2) is 23.7 Å². The van der Waals surface area contributed by atoms with E-state index in [9.17, 15) is 9.59 Å². The molecule has 4 heteroatoms. The number of esters is 1. The highest BCUT2D eigenvalue weighted by Crippen LogP contribution is 1.91. The van der Waals surface area contributed by atoms with E-state index >= 15 is 0 Å². The van der Waals surface area contributed by atoms with Crippen molar-refractivity contribution < 1.29 is 14.3 Å². The smallest absolute Gasteiger partial charge is 0.316 e. The molecular formula is C7H11BrO3. The Hall–Kier alpha value is -0.380. The predicted molar refractivity (Wildman–Crippen MR) is 44.7 cm³/mol. The average Bonchev–Trinajstić information content (AvgIpc) is 2.01. The van der Waals surface area contributed by atoms with Gasteiger partial charge in [-0.1, -0.05) is 22.9 Å². The minimum atomic E-state index is -0.394. The van der Waals surface area contributed by atoms with E-state index in [4.69, 9.17) is 0 Å². The molecule has 0 amide bonds. The Bertz CT molecular complexity index is 145. The van der Waals surface area contributed by atoms with Crippen molar-refractivity contribution in [1.82, 2.24) is 0 Å². The fraction of sp³-hybridized carbons (Fsp3) is 0.714. The second-order valence-electron chi connectivity index (χ2n) is 2.08. The van der Waals surface area contributed by atoms with E-state index in [0.29, 0.717) is 6.42 Å². The van der Waals surface area contributed by atoms with Crippen molar-refractivity contribution in [2.24, 2.45) is 0 Å². The van der Waals surface area contributed by atoms with E-state index in [2.05, 4.69) is 20.7 Å². The number of hydrogen-bond acceptors (Lipinski definition) is 3. The van der Waals surface area contributed by atoms with Gasteiger partial charge in [-0.05, 0) is 6.42 Å². The topological polar surface area (TPSA) is 43.4 Å². The molecule has 0 spiro atoms. The number of hydrogen-bond donors (Lipinski definition) is 0. The van der Waals surface area contributed by atoms with E-state index in [1.165, 1.54) is 0 Å². The molecular weight excluding hydrogens is 212 g/mol. The Kier molecular flexibility index (Phi) is 6.12. The van der Waals surface area contributed by atoms with Crippen LogP contribution in [0.5, 0.6) is 0 Å². The summed E-state index contributed by atoms with van der Waals surface area (Å²) >= 11 is 2.92. The molecule has 0 aliphatic rings. The summed E-state index contributed by atoms with van der Waals surface area (Å²) < 4.78 is 4.57. The molecule has 0 heterocycles. The summed E-state index contributed by atoms with van der Waals surface area (Å²) in [5, 5.41) is 0.145. The van der Waals surface area contributed by atoms with Gasteiger partial charge in [0.25, 0.3) is 0 Å². The minimum absolute atomic E-state index is 0.0261. The molecule has 0 atom stereocenters. The standard InChI is InChI=1S/C7H11BrO3/c1-2-3-6(9)5-11-7(10)4-8/h2-5H2,1H3. The van der Waals surface area contributed by atoms with Gasteiger partial charge in [0.1, 0.15) is 11.9 Å². The predicted octanol–water partition coefficient (Wildman–Crippen LogP) is 1.29. The van der Waals surface area contributed by atoms with Crippen LogP contribution in [0.1, 0.15) is 19.8 Å². The normalized spacial score (nSPS) is 9.27. The van der Waals surface area contributed by atoms with Gasteiger partial charge in [-0.3, -0.25) is 9.59 Å². The van der Waals surface area contributed by atoms with Crippen molar-refractivity contribution in [3.05, 3.63) is 0 Å². The second kappa shape index (κ2) is 6.34. The largest absolute Gasteiger partial charge is 0.457 e. The first-order chi connectivity index (χ1) is 5.20. The zero-order valence-corrected chi connectivity index (χ0v) is 8.02. The third-order valence-electron chi connectivity index (χ3n) is 1.03. The molecule has 0 saturated carbocycles. The second-order valence-corrected chi connectivity index (χ2v) is 2.64. The van der Waals surface area contributed by atoms with Gasteiger partial charge in [-0.15, -0.1) is 0 Å². The summed E-state index contributed by atoms with van der Waals surface area (Å²) in [7, 11) is 0. The maximum absolute atomic E-state index is 10.8. The molecule has 11 heavy (non-hydrogen) atoms. The number of halogens is 1. The molecule has 0 aliphatic carbocycles. The lowest BCUT2D eigenvalue weighted by atomic mass is 10.2. The van der Waals surface area contributed by atoms with E-state index in [1.54, 1.807) is 0 Å². The Morgan fingerprint density at radius 1 is 1.45 bits per heavy atom. The number of ketones is 1. The highest BCUT2D eigenvalue weighted by molar-refractivity contribution is 9.09. The van der Waals surface area contributed by atoms with Crippen LogP contribution in [0.2, 0.25) is 0 Å². The summed E-state index contributed by atoms with van der Waals surface area (Å²) in [6, 6.07) is 0. The molecule has 3 nitrogen and oxygen atoms in total. The zero-order valence-electron chi connectivity index (χ0n) is 6.43. The van der Waals surface area contributed by atoms with Gasteiger partial charge in [0.2, 0.25) is 0 Å². The molecule has 0 fully saturated rings. The highest BCUT2D eigenvalue weighted by atomic mass is 79.9. The summed E-state index contributed by atoms with van der Waals surface area (Å²) in [5.74, 6) is -0.420. The third kappa shape index (κ3) is 6.04. The van der Waals surface area contributed by atoms with Crippen molar-refractivity contribution in [2.75, 3.05) is 11.9 Å². The van der Waals surface area contributed by atoms with Gasteiger partial charge >= 0.3 is 5.97 Å². The monoisotopic (exact) mass is 222 g/mol. The number of carbonyl (C=O) groups excluding carboxylic acids is 2. The summed E-state index contributed by atoms with van der Waals surface area (Å²) in [5.41, 5.74) is 0. The Labute approximate surface area is 74.2 Å². The summed E-state index contributed by atoms with van der Waals surface area (Å²) in [6.45, 7) is 1.82. The Balaban J connectivity index is 3.38. The fourth-order valence-corrected chi connectivity index (χ4v) is 0.712. The molecule has 0 aromatic rings. The van der Waals surface area contributed by atoms with Crippen molar-refractivity contribution in [2.45, 2.75) is 19.8 Å². The van der Waals surface area contributed by atoms with Gasteiger partial charge in [0.05, 0.1) is 0 Å². The number of carbonyl (C=O) groups is 2. The summed E-state index contributed by atoms with van der Waals surface area (Å²) in [6.07, 6.45) is 1.28. The summed E-state index contributed by atoms with van der Waals surface area (Å²) in [4.78, 5) is 21.3. The van der Waals surface area contributed by atoms with Gasteiger partial charge in [0.15, 0.2) is 5.78 Å². The quantitative estimate of drug-likeness (QED) is 0.521. The Morgan fingerprint density at radius 2 is 2.09 bits per heavy atom. The lowest BCUT2D eigenvalue weighted by molar-refractivity contribution is -0.145. The molecule has 0 unspecified atom stereocenters. The molecule has 64 valence electrons. The van der Waals surface area contributed by atoms with Crippen LogP contribution in [-0.2, 0) is 14.3 Å². The van der Waals surface area contributed by atoms with Crippen molar-refractivity contribution >= 4 is 27.7 Å². The van der Waals surface area contributed by atoms with Crippen LogP contribution in [0.4, 0.5) is 0 Å². The van der Waals surface area contributed by atoms with Crippen LogP contribution < -0.4 is 0 Å². The first-order valence-electron chi connectivity index (χ1n) is 3.44. The number of ether oxygens (including phenoxy) is 1. The van der Waals surface area contributed by atoms with Crippen molar-refractivity contribution in [1.29, 1.82) is 0 Å². The number of alkyl halides is 1. The maximum Gasteiger partial charge on any atom is 0.316 e. The van der Waals surface area contributed by atoms with E-state index in [0.717, 1.165) is 6.42 Å². The lowest BCUT2D eigenvalue weighted by Gasteiger charge is -1.99. The SMILES string of the molecule is CCCC(=O)COC(=O)CBr. The van der Waals surface area contributed by atoms with Crippen molar-refractivity contribution in [3.63, 3.8) is 0 Å². The van der Waals surface area contributed by atoms with Crippen LogP contribution in [0.25, 0.3) is 0 Å². The molecule has 0 N–H and O–H groups in total.